The van der Waals surface area contributed by atoms with Crippen LogP contribution in [0.1, 0.15) is 17.3 Å². The van der Waals surface area contributed by atoms with Gasteiger partial charge in [0.05, 0.1) is 19.3 Å². The van der Waals surface area contributed by atoms with Crippen molar-refractivity contribution >= 4 is 29.9 Å². The lowest BCUT2D eigenvalue weighted by Gasteiger charge is -2.09. The van der Waals surface area contributed by atoms with E-state index in [2.05, 4.69) is 37.6 Å². The van der Waals surface area contributed by atoms with E-state index in [1.54, 1.807) is 17.9 Å². The first-order valence-corrected chi connectivity index (χ1v) is 7.95. The second-order valence-electron chi connectivity index (χ2n) is 5.56. The molecule has 9 heteroatoms. The Hall–Kier alpha value is -2.43. The van der Waals surface area contributed by atoms with Crippen molar-refractivity contribution in [3.05, 3.63) is 54.1 Å². The molecule has 1 aromatic carbocycles. The van der Waals surface area contributed by atoms with Gasteiger partial charge in [-0.2, -0.15) is 5.10 Å². The second kappa shape index (κ2) is 9.32. The third kappa shape index (κ3) is 5.04. The third-order valence-electron chi connectivity index (χ3n) is 3.74. The van der Waals surface area contributed by atoms with Crippen LogP contribution in [-0.2, 0) is 20.1 Å². The van der Waals surface area contributed by atoms with Crippen LogP contribution in [0.3, 0.4) is 0 Å². The summed E-state index contributed by atoms with van der Waals surface area (Å²) in [6, 6.07) is 8.14. The van der Waals surface area contributed by atoms with Crippen LogP contribution in [0.25, 0.3) is 11.3 Å². The molecule has 8 nitrogen and oxygen atoms in total. The van der Waals surface area contributed by atoms with E-state index in [-0.39, 0.29) is 24.0 Å². The summed E-state index contributed by atoms with van der Waals surface area (Å²) >= 11 is 0. The van der Waals surface area contributed by atoms with Crippen molar-refractivity contribution in [1.82, 2.24) is 30.4 Å². The lowest BCUT2D eigenvalue weighted by atomic mass is 10.1. The fourth-order valence-corrected chi connectivity index (χ4v) is 2.27. The molecule has 0 saturated carbocycles. The number of hydrogen-bond donors (Lipinski definition) is 2. The molecule has 0 bridgehead atoms. The van der Waals surface area contributed by atoms with Crippen molar-refractivity contribution in [2.75, 3.05) is 7.05 Å². The molecule has 0 aliphatic carbocycles. The van der Waals surface area contributed by atoms with Crippen LogP contribution >= 0.6 is 24.0 Å². The second-order valence-corrected chi connectivity index (χ2v) is 5.56. The fourth-order valence-electron chi connectivity index (χ4n) is 2.27. The van der Waals surface area contributed by atoms with Crippen molar-refractivity contribution in [3.8, 4) is 11.3 Å². The molecule has 2 heterocycles. The highest BCUT2D eigenvalue weighted by molar-refractivity contribution is 14.0. The summed E-state index contributed by atoms with van der Waals surface area (Å²) < 4.78 is 7.50. The summed E-state index contributed by atoms with van der Waals surface area (Å²) in [4.78, 5) is 12.6. The molecule has 0 fully saturated rings. The zero-order valence-electron chi connectivity index (χ0n) is 14.9. The van der Waals surface area contributed by atoms with E-state index >= 15 is 0 Å². The van der Waals surface area contributed by atoms with Gasteiger partial charge in [0.2, 0.25) is 5.89 Å². The van der Waals surface area contributed by atoms with E-state index in [1.165, 1.54) is 11.9 Å². The highest BCUT2D eigenvalue weighted by Gasteiger charge is 2.08. The maximum atomic E-state index is 5.79. The summed E-state index contributed by atoms with van der Waals surface area (Å²) in [6.45, 7) is 3.01. The first-order valence-electron chi connectivity index (χ1n) is 7.95. The van der Waals surface area contributed by atoms with E-state index in [9.17, 15) is 0 Å². The first kappa shape index (κ1) is 19.9. The Morgan fingerprint density at radius 1 is 1.15 bits per heavy atom. The van der Waals surface area contributed by atoms with Crippen molar-refractivity contribution in [3.63, 3.8) is 0 Å². The number of benzene rings is 1. The zero-order valence-corrected chi connectivity index (χ0v) is 17.3. The van der Waals surface area contributed by atoms with Gasteiger partial charge in [-0.15, -0.1) is 24.0 Å². The van der Waals surface area contributed by atoms with Crippen LogP contribution in [-0.4, -0.2) is 32.8 Å². The topological polar surface area (TPSA) is 93.2 Å². The molecule has 2 N–H and O–H groups in total. The van der Waals surface area contributed by atoms with E-state index in [0.717, 1.165) is 17.1 Å². The number of oxazole rings is 1. The molecule has 0 unspecified atom stereocenters. The van der Waals surface area contributed by atoms with E-state index in [1.807, 2.05) is 31.3 Å². The predicted octanol–water partition coefficient (Wildman–Crippen LogP) is 2.26. The molecule has 26 heavy (non-hydrogen) atoms. The number of rotatable bonds is 5. The molecule has 2 aromatic heterocycles. The summed E-state index contributed by atoms with van der Waals surface area (Å²) in [5.74, 6) is 2.80. The van der Waals surface area contributed by atoms with Crippen molar-refractivity contribution in [1.29, 1.82) is 0 Å². The van der Waals surface area contributed by atoms with Gasteiger partial charge in [0, 0.05) is 19.7 Å². The molecule has 0 radical (unpaired) electrons. The van der Waals surface area contributed by atoms with Gasteiger partial charge in [-0.05, 0) is 6.92 Å². The fraction of sp³-hybridized carbons (Fsp3) is 0.294. The van der Waals surface area contributed by atoms with Crippen LogP contribution in [0.5, 0.6) is 0 Å². The van der Waals surface area contributed by atoms with E-state index in [0.29, 0.717) is 24.9 Å². The lowest BCUT2D eigenvalue weighted by molar-refractivity contribution is 0.497. The standard InChI is InChI=1S/C17H21N7O.HI/c1-12-4-6-13(7-5-12)14-8-19-16(25-14)10-21-17(18-2)20-9-15-22-11-23-24(15)3;/h4-8,11H,9-10H2,1-3H3,(H2,18,20,21);1H. The molecule has 0 atom stereocenters. The maximum Gasteiger partial charge on any atom is 0.214 e. The Labute approximate surface area is 169 Å². The quantitative estimate of drug-likeness (QED) is 0.340. The number of aliphatic imine (C=N–C) groups is 1. The summed E-state index contributed by atoms with van der Waals surface area (Å²) in [5.41, 5.74) is 2.22. The monoisotopic (exact) mass is 467 g/mol. The average molecular weight is 467 g/mol. The Morgan fingerprint density at radius 3 is 2.54 bits per heavy atom. The third-order valence-corrected chi connectivity index (χ3v) is 3.74. The SMILES string of the molecule is CN=C(NCc1ncc(-c2ccc(C)cc2)o1)NCc1ncnn1C.I. The van der Waals surface area contributed by atoms with Gasteiger partial charge in [-0.1, -0.05) is 29.8 Å². The van der Waals surface area contributed by atoms with Gasteiger partial charge in [0.25, 0.3) is 0 Å². The van der Waals surface area contributed by atoms with Gasteiger partial charge in [-0.3, -0.25) is 9.67 Å². The van der Waals surface area contributed by atoms with Gasteiger partial charge >= 0.3 is 0 Å². The molecular formula is C17H22IN7O. The van der Waals surface area contributed by atoms with E-state index < -0.39 is 0 Å². The van der Waals surface area contributed by atoms with Crippen LogP contribution in [0.2, 0.25) is 0 Å². The highest BCUT2D eigenvalue weighted by atomic mass is 127. The average Bonchev–Trinajstić information content (AvgIpc) is 3.25. The van der Waals surface area contributed by atoms with Crippen LogP contribution in [0.15, 0.2) is 46.2 Å². The molecule has 0 saturated heterocycles. The maximum absolute atomic E-state index is 5.79. The number of aromatic nitrogens is 4. The highest BCUT2D eigenvalue weighted by Crippen LogP contribution is 2.20. The van der Waals surface area contributed by atoms with Crippen molar-refractivity contribution in [2.24, 2.45) is 12.0 Å². The number of hydrogen-bond acceptors (Lipinski definition) is 5. The zero-order chi connectivity index (χ0) is 17.6. The molecular weight excluding hydrogens is 445 g/mol. The first-order chi connectivity index (χ1) is 12.2. The number of nitrogens with one attached hydrogen (secondary N) is 2. The van der Waals surface area contributed by atoms with Crippen molar-refractivity contribution < 1.29 is 4.42 Å². The number of nitrogens with zero attached hydrogens (tertiary/aromatic N) is 5. The minimum absolute atomic E-state index is 0. The predicted molar refractivity (Wildman–Crippen MR) is 110 cm³/mol. The van der Waals surface area contributed by atoms with E-state index in [4.69, 9.17) is 4.42 Å². The van der Waals surface area contributed by atoms with Gasteiger partial charge < -0.3 is 15.1 Å². The lowest BCUT2D eigenvalue weighted by Crippen LogP contribution is -2.37. The Bertz CT molecular complexity index is 854. The minimum atomic E-state index is 0. The smallest absolute Gasteiger partial charge is 0.214 e. The number of halogens is 1. The Kier molecular flexibility index (Phi) is 7.13. The molecule has 138 valence electrons. The van der Waals surface area contributed by atoms with Gasteiger partial charge in [0.1, 0.15) is 12.2 Å². The normalized spacial score (nSPS) is 11.1. The van der Waals surface area contributed by atoms with Crippen LogP contribution in [0, 0.1) is 6.92 Å². The molecule has 0 aliphatic heterocycles. The van der Waals surface area contributed by atoms with Gasteiger partial charge in [0.15, 0.2) is 11.7 Å². The molecule has 0 spiro atoms. The summed E-state index contributed by atoms with van der Waals surface area (Å²) in [7, 11) is 3.55. The Morgan fingerprint density at radius 2 is 1.88 bits per heavy atom. The van der Waals surface area contributed by atoms with Crippen molar-refractivity contribution in [2.45, 2.75) is 20.0 Å². The largest absolute Gasteiger partial charge is 0.439 e. The van der Waals surface area contributed by atoms with Crippen LogP contribution in [0.4, 0.5) is 0 Å². The molecule has 3 rings (SSSR count). The van der Waals surface area contributed by atoms with Gasteiger partial charge in [-0.25, -0.2) is 9.97 Å². The number of guanidine groups is 1. The molecule has 0 aliphatic rings. The Balaban J connectivity index is 0.00000243. The van der Waals surface area contributed by atoms with Crippen LogP contribution < -0.4 is 10.6 Å². The summed E-state index contributed by atoms with van der Waals surface area (Å²) in [6.07, 6.45) is 3.25. The minimum Gasteiger partial charge on any atom is -0.439 e. The summed E-state index contributed by atoms with van der Waals surface area (Å²) in [5, 5.41) is 10.4. The molecule has 3 aromatic rings. The molecule has 0 amide bonds. The number of aryl methyl sites for hydroxylation is 2.